The molecule has 1 amide bonds. The molecule has 0 spiro atoms. The van der Waals surface area contributed by atoms with Gasteiger partial charge in [0.15, 0.2) is 0 Å². The van der Waals surface area contributed by atoms with E-state index in [-0.39, 0.29) is 11.9 Å². The van der Waals surface area contributed by atoms with E-state index in [4.69, 9.17) is 14.1 Å². The van der Waals surface area contributed by atoms with Crippen LogP contribution in [-0.4, -0.2) is 54.0 Å². The van der Waals surface area contributed by atoms with Crippen LogP contribution in [-0.2, 0) is 11.3 Å². The van der Waals surface area contributed by atoms with Crippen LogP contribution in [0.25, 0.3) is 11.5 Å². The molecule has 0 N–H and O–H groups in total. The van der Waals surface area contributed by atoms with Crippen molar-refractivity contribution in [3.8, 4) is 17.2 Å². The minimum Gasteiger partial charge on any atom is -0.496 e. The van der Waals surface area contributed by atoms with Crippen molar-refractivity contribution in [3.05, 3.63) is 34.7 Å². The number of aromatic nitrogens is 1. The average Bonchev–Trinajstić information content (AvgIpc) is 3.23. The summed E-state index contributed by atoms with van der Waals surface area (Å²) in [6.07, 6.45) is 0.997. The number of carbonyl (C=O) groups is 1. The van der Waals surface area contributed by atoms with Gasteiger partial charge >= 0.3 is 0 Å². The number of hydrogen-bond acceptors (Lipinski definition) is 5. The van der Waals surface area contributed by atoms with E-state index < -0.39 is 0 Å². The summed E-state index contributed by atoms with van der Waals surface area (Å²) in [6, 6.07) is 4.37. The quantitative estimate of drug-likeness (QED) is 0.807. The number of amides is 1. The zero-order valence-electron chi connectivity index (χ0n) is 17.1. The lowest BCUT2D eigenvalue weighted by Gasteiger charge is -2.23. The van der Waals surface area contributed by atoms with Crippen molar-refractivity contribution in [3.63, 3.8) is 0 Å². The molecule has 2 aromatic rings. The van der Waals surface area contributed by atoms with Gasteiger partial charge in [-0.15, -0.1) is 0 Å². The number of ether oxygens (including phenoxy) is 1. The van der Waals surface area contributed by atoms with Crippen molar-refractivity contribution in [2.45, 2.75) is 46.7 Å². The van der Waals surface area contributed by atoms with E-state index in [1.807, 2.05) is 38.8 Å². The lowest BCUT2D eigenvalue weighted by atomic mass is 10.0. The molecule has 0 saturated carbocycles. The molecule has 6 heteroatoms. The summed E-state index contributed by atoms with van der Waals surface area (Å²) in [7, 11) is 3.56. The van der Waals surface area contributed by atoms with Crippen LogP contribution in [0.5, 0.6) is 5.75 Å². The van der Waals surface area contributed by atoms with Gasteiger partial charge in [0.25, 0.3) is 0 Å². The smallest absolute Gasteiger partial charge is 0.226 e. The molecule has 0 aliphatic carbocycles. The molecule has 0 radical (unpaired) electrons. The van der Waals surface area contributed by atoms with Crippen LogP contribution < -0.4 is 4.74 Å². The summed E-state index contributed by atoms with van der Waals surface area (Å²) in [5.41, 5.74) is 4.10. The molecule has 1 aliphatic rings. The van der Waals surface area contributed by atoms with E-state index in [9.17, 15) is 4.79 Å². The van der Waals surface area contributed by atoms with Crippen molar-refractivity contribution in [1.29, 1.82) is 0 Å². The molecule has 1 aromatic carbocycles. The number of likely N-dealkylation sites (tertiary alicyclic amines) is 1. The van der Waals surface area contributed by atoms with Crippen molar-refractivity contribution in [1.82, 2.24) is 14.8 Å². The van der Waals surface area contributed by atoms with Crippen LogP contribution in [0.15, 0.2) is 16.5 Å². The van der Waals surface area contributed by atoms with E-state index >= 15 is 0 Å². The Morgan fingerprint density at radius 3 is 2.74 bits per heavy atom. The van der Waals surface area contributed by atoms with Crippen LogP contribution in [0.2, 0.25) is 0 Å². The second kappa shape index (κ2) is 7.72. The van der Waals surface area contributed by atoms with Crippen LogP contribution in [0.4, 0.5) is 0 Å². The van der Waals surface area contributed by atoms with Gasteiger partial charge in [0.1, 0.15) is 11.5 Å². The fraction of sp³-hybridized carbons (Fsp3) is 0.524. The predicted molar refractivity (Wildman–Crippen MR) is 105 cm³/mol. The van der Waals surface area contributed by atoms with Gasteiger partial charge in [-0.2, -0.15) is 0 Å². The second-order valence-corrected chi connectivity index (χ2v) is 7.47. The van der Waals surface area contributed by atoms with Crippen LogP contribution >= 0.6 is 0 Å². The Morgan fingerprint density at radius 1 is 1.33 bits per heavy atom. The van der Waals surface area contributed by atoms with Crippen molar-refractivity contribution in [2.24, 2.45) is 0 Å². The molecular formula is C21H29N3O3. The van der Waals surface area contributed by atoms with E-state index in [1.165, 1.54) is 0 Å². The highest BCUT2D eigenvalue weighted by Gasteiger charge is 2.28. The number of carbonyl (C=O) groups excluding carboxylic acids is 1. The first-order valence-electron chi connectivity index (χ1n) is 9.37. The van der Waals surface area contributed by atoms with Crippen LogP contribution in [0.3, 0.4) is 0 Å². The zero-order valence-corrected chi connectivity index (χ0v) is 17.1. The summed E-state index contributed by atoms with van der Waals surface area (Å²) in [4.78, 5) is 20.5. The summed E-state index contributed by atoms with van der Waals surface area (Å²) >= 11 is 0. The van der Waals surface area contributed by atoms with E-state index in [0.717, 1.165) is 59.9 Å². The summed E-state index contributed by atoms with van der Waals surface area (Å²) < 4.78 is 11.4. The first-order valence-corrected chi connectivity index (χ1v) is 9.37. The van der Waals surface area contributed by atoms with Crippen LogP contribution in [0.1, 0.15) is 35.9 Å². The molecule has 1 fully saturated rings. The molecule has 1 aliphatic heterocycles. The Labute approximate surface area is 161 Å². The minimum atomic E-state index is 0.118. The number of rotatable bonds is 5. The fourth-order valence-electron chi connectivity index (χ4n) is 3.67. The van der Waals surface area contributed by atoms with Gasteiger partial charge in [0.2, 0.25) is 11.8 Å². The molecule has 0 unspecified atom stereocenters. The number of benzene rings is 1. The molecule has 2 heterocycles. The topological polar surface area (TPSA) is 58.8 Å². The number of methoxy groups -OCH3 is 1. The Kier molecular flexibility index (Phi) is 5.56. The van der Waals surface area contributed by atoms with Gasteiger partial charge in [-0.05, 0) is 50.5 Å². The Hall–Kier alpha value is -2.34. The summed E-state index contributed by atoms with van der Waals surface area (Å²) in [5, 5.41) is 0. The largest absolute Gasteiger partial charge is 0.496 e. The monoisotopic (exact) mass is 371 g/mol. The van der Waals surface area contributed by atoms with Crippen LogP contribution in [0, 0.1) is 20.8 Å². The third-order valence-electron chi connectivity index (χ3n) is 5.53. The number of hydrogen-bond donors (Lipinski definition) is 0. The molecule has 27 heavy (non-hydrogen) atoms. The van der Waals surface area contributed by atoms with E-state index in [0.29, 0.717) is 5.89 Å². The third-order valence-corrected chi connectivity index (χ3v) is 5.53. The van der Waals surface area contributed by atoms with Gasteiger partial charge in [0, 0.05) is 45.2 Å². The number of aryl methyl sites for hydroxylation is 3. The lowest BCUT2D eigenvalue weighted by Crippen LogP contribution is -2.37. The van der Waals surface area contributed by atoms with Crippen molar-refractivity contribution in [2.75, 3.05) is 27.2 Å². The highest BCUT2D eigenvalue weighted by atomic mass is 16.5. The minimum absolute atomic E-state index is 0.118. The van der Waals surface area contributed by atoms with Gasteiger partial charge in [-0.25, -0.2) is 4.98 Å². The summed E-state index contributed by atoms with van der Waals surface area (Å²) in [5.74, 6) is 2.49. The van der Waals surface area contributed by atoms with Gasteiger partial charge in [-0.3, -0.25) is 9.69 Å². The maximum Gasteiger partial charge on any atom is 0.226 e. The number of likely N-dealkylation sites (N-methyl/N-ethyl adjacent to an activating group) is 1. The molecule has 0 bridgehead atoms. The number of nitrogens with zero attached hydrogens (tertiary/aromatic N) is 3. The van der Waals surface area contributed by atoms with Crippen molar-refractivity contribution >= 4 is 5.91 Å². The molecule has 6 nitrogen and oxygen atoms in total. The van der Waals surface area contributed by atoms with Gasteiger partial charge in [0.05, 0.1) is 12.8 Å². The standard InChI is InChI=1S/C21H29N3O3/c1-13-10-20(26-6)14(2)9-18(13)21-22-19(15(3)27-21)12-24-8-7-17(11-24)23(5)16(4)25/h9-10,17H,7-8,11-12H2,1-6H3/t17-/m1/s1. The molecule has 1 aromatic heterocycles. The first kappa shape index (κ1) is 19.4. The normalized spacial score (nSPS) is 17.3. The highest BCUT2D eigenvalue weighted by Crippen LogP contribution is 2.31. The third kappa shape index (κ3) is 4.00. The Morgan fingerprint density at radius 2 is 2.07 bits per heavy atom. The molecule has 1 atom stereocenters. The number of oxazole rings is 1. The highest BCUT2D eigenvalue weighted by molar-refractivity contribution is 5.73. The molecule has 146 valence electrons. The predicted octanol–water partition coefficient (Wildman–Crippen LogP) is 3.33. The average molecular weight is 371 g/mol. The maximum absolute atomic E-state index is 11.6. The van der Waals surface area contributed by atoms with Gasteiger partial charge in [-0.1, -0.05) is 0 Å². The Balaban J connectivity index is 1.76. The molecular weight excluding hydrogens is 342 g/mol. The zero-order chi connectivity index (χ0) is 19.7. The van der Waals surface area contributed by atoms with E-state index in [1.54, 1.807) is 14.0 Å². The first-order chi connectivity index (χ1) is 12.8. The fourth-order valence-corrected chi connectivity index (χ4v) is 3.67. The molecule has 3 rings (SSSR count). The van der Waals surface area contributed by atoms with Gasteiger partial charge < -0.3 is 14.1 Å². The van der Waals surface area contributed by atoms with E-state index in [2.05, 4.69) is 11.0 Å². The van der Waals surface area contributed by atoms with Crippen molar-refractivity contribution < 1.29 is 13.9 Å². The summed E-state index contributed by atoms with van der Waals surface area (Å²) in [6.45, 7) is 10.2. The SMILES string of the molecule is COc1cc(C)c(-c2nc(CN3CC[C@@H](N(C)C(C)=O)C3)c(C)o2)cc1C. The maximum atomic E-state index is 11.6. The lowest BCUT2D eigenvalue weighted by molar-refractivity contribution is -0.129. The Bertz CT molecular complexity index is 843. The second-order valence-electron chi connectivity index (χ2n) is 7.47. The molecule has 1 saturated heterocycles.